The van der Waals surface area contributed by atoms with Gasteiger partial charge in [0.25, 0.3) is 0 Å². The van der Waals surface area contributed by atoms with E-state index in [4.69, 9.17) is 9.47 Å². The van der Waals surface area contributed by atoms with Crippen LogP contribution in [0, 0.1) is 5.41 Å². The molecule has 0 bridgehead atoms. The quantitative estimate of drug-likeness (QED) is 0.406. The van der Waals surface area contributed by atoms with Crippen molar-refractivity contribution in [2.75, 3.05) is 6.61 Å². The summed E-state index contributed by atoms with van der Waals surface area (Å²) in [5.74, 6) is 0.365. The number of ketones is 1. The van der Waals surface area contributed by atoms with Crippen LogP contribution in [0.5, 0.6) is 0 Å². The molecule has 0 aliphatic carbocycles. The third-order valence-corrected chi connectivity index (χ3v) is 4.30. The summed E-state index contributed by atoms with van der Waals surface area (Å²) >= 11 is 0. The van der Waals surface area contributed by atoms with E-state index in [0.29, 0.717) is 18.8 Å². The zero-order chi connectivity index (χ0) is 19.9. The summed E-state index contributed by atoms with van der Waals surface area (Å²) in [6.45, 7) is 21.5. The van der Waals surface area contributed by atoms with Crippen molar-refractivity contribution in [1.82, 2.24) is 0 Å². The van der Waals surface area contributed by atoms with Gasteiger partial charge in [-0.1, -0.05) is 33.6 Å². The minimum Gasteiger partial charge on any atom is -0.375 e. The van der Waals surface area contributed by atoms with E-state index in [1.807, 2.05) is 20.8 Å². The summed E-state index contributed by atoms with van der Waals surface area (Å²) in [6, 6.07) is 0. The van der Waals surface area contributed by atoms with Crippen LogP contribution < -0.4 is 0 Å². The van der Waals surface area contributed by atoms with E-state index in [-0.39, 0.29) is 22.2 Å². The molecule has 3 heteroatoms. The SMILES string of the molecule is CC(C)(C)OC(C)(C)CCOC(C)(C)CCCCCC(=O)C(C)(C)C. The maximum absolute atomic E-state index is 11.9. The minimum absolute atomic E-state index is 0.119. The van der Waals surface area contributed by atoms with Gasteiger partial charge < -0.3 is 9.47 Å². The molecule has 0 aromatic heterocycles. The molecule has 0 aromatic rings. The lowest BCUT2D eigenvalue weighted by Gasteiger charge is -2.35. The largest absolute Gasteiger partial charge is 0.375 e. The molecule has 0 heterocycles. The molecular weight excluding hydrogens is 312 g/mol. The van der Waals surface area contributed by atoms with Gasteiger partial charge in [-0.2, -0.15) is 0 Å². The summed E-state index contributed by atoms with van der Waals surface area (Å²) in [4.78, 5) is 11.9. The van der Waals surface area contributed by atoms with Crippen LogP contribution >= 0.6 is 0 Å². The lowest BCUT2D eigenvalue weighted by Crippen LogP contribution is -2.37. The van der Waals surface area contributed by atoms with Gasteiger partial charge in [-0.25, -0.2) is 0 Å². The number of carbonyl (C=O) groups excluding carboxylic acids is 1. The van der Waals surface area contributed by atoms with Gasteiger partial charge >= 0.3 is 0 Å². The fourth-order valence-electron chi connectivity index (χ4n) is 2.91. The van der Waals surface area contributed by atoms with Crippen molar-refractivity contribution in [3.8, 4) is 0 Å². The molecule has 0 aromatic carbocycles. The van der Waals surface area contributed by atoms with Gasteiger partial charge in [0.05, 0.1) is 23.4 Å². The molecule has 0 fully saturated rings. The molecule has 0 radical (unpaired) electrons. The third kappa shape index (κ3) is 13.5. The van der Waals surface area contributed by atoms with Gasteiger partial charge in [0.2, 0.25) is 0 Å². The van der Waals surface area contributed by atoms with Crippen LogP contribution in [0.2, 0.25) is 0 Å². The lowest BCUT2D eigenvalue weighted by atomic mass is 9.87. The second-order valence-electron chi connectivity index (χ2n) is 10.6. The highest BCUT2D eigenvalue weighted by Gasteiger charge is 2.27. The molecule has 0 saturated carbocycles. The molecule has 0 saturated heterocycles. The van der Waals surface area contributed by atoms with Crippen LogP contribution in [0.3, 0.4) is 0 Å². The van der Waals surface area contributed by atoms with Crippen LogP contribution in [0.15, 0.2) is 0 Å². The standard InChI is InChI=1S/C22H44O3/c1-19(2,3)18(23)14-12-11-13-15-21(7,8)24-17-16-22(9,10)25-20(4,5)6/h11-17H2,1-10H3. The Labute approximate surface area is 157 Å². The van der Waals surface area contributed by atoms with Gasteiger partial charge in [0.15, 0.2) is 0 Å². The van der Waals surface area contributed by atoms with Crippen LogP contribution in [-0.4, -0.2) is 29.2 Å². The van der Waals surface area contributed by atoms with E-state index in [9.17, 15) is 4.79 Å². The highest BCUT2D eigenvalue weighted by atomic mass is 16.5. The monoisotopic (exact) mass is 356 g/mol. The number of hydrogen-bond donors (Lipinski definition) is 0. The summed E-state index contributed by atoms with van der Waals surface area (Å²) in [5, 5.41) is 0. The minimum atomic E-state index is -0.204. The Balaban J connectivity index is 4.00. The summed E-state index contributed by atoms with van der Waals surface area (Å²) in [6.07, 6.45) is 5.78. The zero-order valence-electron chi connectivity index (χ0n) is 18.7. The average molecular weight is 357 g/mol. The first-order valence-corrected chi connectivity index (χ1v) is 9.92. The Morgan fingerprint density at radius 3 is 1.76 bits per heavy atom. The molecule has 0 rings (SSSR count). The number of hydrogen-bond acceptors (Lipinski definition) is 3. The van der Waals surface area contributed by atoms with Crippen molar-refractivity contribution in [2.45, 2.75) is 125 Å². The van der Waals surface area contributed by atoms with Gasteiger partial charge in [-0.3, -0.25) is 4.79 Å². The molecule has 0 spiro atoms. The fourth-order valence-corrected chi connectivity index (χ4v) is 2.91. The molecule has 150 valence electrons. The Kier molecular flexibility index (Phi) is 9.35. The first kappa shape index (κ1) is 24.6. The van der Waals surface area contributed by atoms with Gasteiger partial charge in [-0.15, -0.1) is 0 Å². The first-order valence-electron chi connectivity index (χ1n) is 9.92. The molecule has 0 unspecified atom stereocenters. The van der Waals surface area contributed by atoms with Gasteiger partial charge in [-0.05, 0) is 67.7 Å². The van der Waals surface area contributed by atoms with E-state index in [0.717, 1.165) is 32.1 Å². The molecule has 0 amide bonds. The number of ether oxygens (including phenoxy) is 2. The normalized spacial score (nSPS) is 14.0. The molecule has 0 aliphatic rings. The Morgan fingerprint density at radius 1 is 0.720 bits per heavy atom. The number of carbonyl (C=O) groups is 1. The molecular formula is C22H44O3. The van der Waals surface area contributed by atoms with Crippen LogP contribution in [0.1, 0.15) is 108 Å². The number of Topliss-reactive ketones (excluding diaryl/α,β-unsaturated/α-hetero) is 1. The summed E-state index contributed by atoms with van der Waals surface area (Å²) in [5.41, 5.74) is -0.638. The van der Waals surface area contributed by atoms with E-state index >= 15 is 0 Å². The van der Waals surface area contributed by atoms with E-state index in [1.165, 1.54) is 0 Å². The second-order valence-corrected chi connectivity index (χ2v) is 10.6. The van der Waals surface area contributed by atoms with Crippen molar-refractivity contribution < 1.29 is 14.3 Å². The highest BCUT2D eigenvalue weighted by molar-refractivity contribution is 5.83. The predicted molar refractivity (Wildman–Crippen MR) is 107 cm³/mol. The predicted octanol–water partition coefficient (Wildman–Crippen LogP) is 6.33. The topological polar surface area (TPSA) is 35.5 Å². The maximum Gasteiger partial charge on any atom is 0.138 e. The number of unbranched alkanes of at least 4 members (excludes halogenated alkanes) is 2. The molecule has 3 nitrogen and oxygen atoms in total. The second kappa shape index (κ2) is 9.50. The van der Waals surface area contributed by atoms with Crippen molar-refractivity contribution >= 4 is 5.78 Å². The molecule has 0 aliphatic heterocycles. The highest BCUT2D eigenvalue weighted by Crippen LogP contribution is 2.25. The van der Waals surface area contributed by atoms with Crippen molar-refractivity contribution in [2.24, 2.45) is 5.41 Å². The van der Waals surface area contributed by atoms with Crippen molar-refractivity contribution in [3.05, 3.63) is 0 Å². The fraction of sp³-hybridized carbons (Fsp3) is 0.955. The Hall–Kier alpha value is -0.410. The zero-order valence-corrected chi connectivity index (χ0v) is 18.7. The Morgan fingerprint density at radius 2 is 1.28 bits per heavy atom. The van der Waals surface area contributed by atoms with Gasteiger partial charge in [0.1, 0.15) is 5.78 Å². The summed E-state index contributed by atoms with van der Waals surface area (Å²) in [7, 11) is 0. The van der Waals surface area contributed by atoms with E-state index < -0.39 is 0 Å². The van der Waals surface area contributed by atoms with Crippen LogP contribution in [-0.2, 0) is 14.3 Å². The van der Waals surface area contributed by atoms with Crippen molar-refractivity contribution in [1.29, 1.82) is 0 Å². The van der Waals surface area contributed by atoms with Gasteiger partial charge in [0, 0.05) is 11.8 Å². The van der Waals surface area contributed by atoms with E-state index in [2.05, 4.69) is 48.5 Å². The lowest BCUT2D eigenvalue weighted by molar-refractivity contribution is -0.132. The maximum atomic E-state index is 11.9. The Bertz CT molecular complexity index is 394. The number of rotatable bonds is 11. The van der Waals surface area contributed by atoms with Crippen LogP contribution in [0.4, 0.5) is 0 Å². The molecule has 0 atom stereocenters. The first-order chi connectivity index (χ1) is 11.0. The van der Waals surface area contributed by atoms with Crippen LogP contribution in [0.25, 0.3) is 0 Å². The van der Waals surface area contributed by atoms with Crippen molar-refractivity contribution in [3.63, 3.8) is 0 Å². The third-order valence-electron chi connectivity index (χ3n) is 4.30. The molecule has 25 heavy (non-hydrogen) atoms. The summed E-state index contributed by atoms with van der Waals surface area (Å²) < 4.78 is 12.2. The average Bonchev–Trinajstić information content (AvgIpc) is 2.33. The molecule has 0 N–H and O–H groups in total. The smallest absolute Gasteiger partial charge is 0.138 e. The van der Waals surface area contributed by atoms with E-state index in [1.54, 1.807) is 0 Å².